The van der Waals surface area contributed by atoms with E-state index in [0.29, 0.717) is 16.1 Å². The molecule has 7 heteroatoms. The minimum Gasteiger partial charge on any atom is -0.384 e. The Bertz CT molecular complexity index is 463. The van der Waals surface area contributed by atoms with Crippen LogP contribution < -0.4 is 5.73 Å². The first-order valence-corrected chi connectivity index (χ1v) is 5.30. The molecule has 2 aromatic rings. The van der Waals surface area contributed by atoms with Gasteiger partial charge in [-0.25, -0.2) is 15.0 Å². The molecule has 0 fully saturated rings. The van der Waals surface area contributed by atoms with Crippen molar-refractivity contribution >= 4 is 29.2 Å². The number of nitrogen functional groups attached to an aromatic ring is 1. The van der Waals surface area contributed by atoms with Crippen molar-refractivity contribution in [3.8, 4) is 0 Å². The second-order valence-corrected chi connectivity index (χ2v) is 4.14. The van der Waals surface area contributed by atoms with Crippen LogP contribution in [-0.4, -0.2) is 19.5 Å². The Morgan fingerprint density at radius 2 is 2.27 bits per heavy atom. The van der Waals surface area contributed by atoms with Gasteiger partial charge in [0.25, 0.3) is 0 Å². The number of aromatic nitrogens is 4. The van der Waals surface area contributed by atoms with Crippen molar-refractivity contribution in [2.75, 3.05) is 5.73 Å². The lowest BCUT2D eigenvalue weighted by Gasteiger charge is -2.01. The summed E-state index contributed by atoms with van der Waals surface area (Å²) in [6.45, 7) is 0. The molecule has 0 aromatic carbocycles. The maximum atomic E-state index is 5.76. The van der Waals surface area contributed by atoms with Gasteiger partial charge < -0.3 is 10.3 Å². The molecule has 0 atom stereocenters. The average Bonchev–Trinajstić information content (AvgIpc) is 2.50. The fourth-order valence-electron chi connectivity index (χ4n) is 0.991. The maximum Gasteiger partial charge on any atom is 0.198 e. The Balaban J connectivity index is 2.28. The van der Waals surface area contributed by atoms with Gasteiger partial charge in [-0.2, -0.15) is 0 Å². The van der Waals surface area contributed by atoms with Crippen LogP contribution >= 0.6 is 23.4 Å². The molecule has 0 spiro atoms. The van der Waals surface area contributed by atoms with Crippen molar-refractivity contribution in [3.63, 3.8) is 0 Å². The van der Waals surface area contributed by atoms with Crippen molar-refractivity contribution in [3.05, 3.63) is 23.6 Å². The molecule has 0 bridgehead atoms. The van der Waals surface area contributed by atoms with E-state index >= 15 is 0 Å². The standard InChI is InChI=1S/C8H8ClN5S/c1-14-3-2-11-8(14)15-7-12-5(9)4-6(10)13-7/h2-4H,1H3,(H2,10,12,13). The minimum atomic E-state index is 0.333. The Morgan fingerprint density at radius 1 is 1.47 bits per heavy atom. The fourth-order valence-corrected chi connectivity index (χ4v) is 2.01. The molecule has 5 nitrogen and oxygen atoms in total. The van der Waals surface area contributed by atoms with Gasteiger partial charge in [-0.1, -0.05) is 11.6 Å². The molecule has 0 amide bonds. The number of nitrogens with zero attached hydrogens (tertiary/aromatic N) is 4. The van der Waals surface area contributed by atoms with Gasteiger partial charge in [0.2, 0.25) is 0 Å². The van der Waals surface area contributed by atoms with E-state index in [9.17, 15) is 0 Å². The number of imidazole rings is 1. The van der Waals surface area contributed by atoms with E-state index in [1.165, 1.54) is 17.8 Å². The second-order valence-electron chi connectivity index (χ2n) is 2.82. The van der Waals surface area contributed by atoms with Crippen LogP contribution in [-0.2, 0) is 7.05 Å². The van der Waals surface area contributed by atoms with Crippen LogP contribution in [0.3, 0.4) is 0 Å². The SMILES string of the molecule is Cn1ccnc1Sc1nc(N)cc(Cl)n1. The lowest BCUT2D eigenvalue weighted by atomic mass is 10.6. The Kier molecular flexibility index (Phi) is 2.79. The van der Waals surface area contributed by atoms with Gasteiger partial charge in [0.05, 0.1) is 0 Å². The first-order chi connectivity index (χ1) is 7.15. The summed E-state index contributed by atoms with van der Waals surface area (Å²) >= 11 is 7.07. The number of hydrogen-bond acceptors (Lipinski definition) is 5. The number of rotatable bonds is 2. The Hall–Kier alpha value is -1.27. The monoisotopic (exact) mass is 241 g/mol. The van der Waals surface area contributed by atoms with Crippen LogP contribution in [0.25, 0.3) is 0 Å². The molecule has 0 aliphatic heterocycles. The fraction of sp³-hybridized carbons (Fsp3) is 0.125. The number of nitrogens with two attached hydrogens (primary N) is 1. The van der Waals surface area contributed by atoms with E-state index in [4.69, 9.17) is 17.3 Å². The molecule has 0 saturated carbocycles. The summed E-state index contributed by atoms with van der Waals surface area (Å²) in [7, 11) is 1.89. The Morgan fingerprint density at radius 3 is 2.87 bits per heavy atom. The van der Waals surface area contributed by atoms with Gasteiger partial charge in [-0.3, -0.25) is 0 Å². The van der Waals surface area contributed by atoms with E-state index in [0.717, 1.165) is 5.16 Å². The lowest BCUT2D eigenvalue weighted by Crippen LogP contribution is -1.96. The molecule has 0 saturated heterocycles. The van der Waals surface area contributed by atoms with Crippen LogP contribution in [0.1, 0.15) is 0 Å². The molecule has 0 aliphatic carbocycles. The normalized spacial score (nSPS) is 10.5. The number of halogens is 1. The maximum absolute atomic E-state index is 5.76. The topological polar surface area (TPSA) is 69.6 Å². The highest BCUT2D eigenvalue weighted by molar-refractivity contribution is 7.99. The van der Waals surface area contributed by atoms with Crippen LogP contribution in [0.4, 0.5) is 5.82 Å². The van der Waals surface area contributed by atoms with Gasteiger partial charge in [0.1, 0.15) is 11.0 Å². The summed E-state index contributed by atoms with van der Waals surface area (Å²) in [5.74, 6) is 0.353. The first-order valence-electron chi connectivity index (χ1n) is 4.10. The number of hydrogen-bond donors (Lipinski definition) is 1. The van der Waals surface area contributed by atoms with Crippen LogP contribution in [0.15, 0.2) is 28.8 Å². The van der Waals surface area contributed by atoms with Gasteiger partial charge >= 0.3 is 0 Å². The molecule has 0 unspecified atom stereocenters. The van der Waals surface area contributed by atoms with Crippen molar-refractivity contribution in [1.82, 2.24) is 19.5 Å². The highest BCUT2D eigenvalue weighted by Gasteiger charge is 2.06. The largest absolute Gasteiger partial charge is 0.384 e. The van der Waals surface area contributed by atoms with Gasteiger partial charge in [-0.05, 0) is 11.8 Å². The smallest absolute Gasteiger partial charge is 0.198 e. The van der Waals surface area contributed by atoms with Crippen LogP contribution in [0.2, 0.25) is 5.15 Å². The molecule has 0 radical (unpaired) electrons. The van der Waals surface area contributed by atoms with E-state index in [2.05, 4.69) is 15.0 Å². The molecular weight excluding hydrogens is 234 g/mol. The third-order valence-corrected chi connectivity index (χ3v) is 2.79. The molecule has 0 aliphatic rings. The quantitative estimate of drug-likeness (QED) is 0.639. The molecule has 2 heterocycles. The summed E-state index contributed by atoms with van der Waals surface area (Å²) in [4.78, 5) is 12.2. The summed E-state index contributed by atoms with van der Waals surface area (Å²) < 4.78 is 1.87. The van der Waals surface area contributed by atoms with Crippen LogP contribution in [0.5, 0.6) is 0 Å². The van der Waals surface area contributed by atoms with Gasteiger partial charge in [0, 0.05) is 25.5 Å². The van der Waals surface area contributed by atoms with Crippen molar-refractivity contribution in [2.45, 2.75) is 10.3 Å². The summed E-state index contributed by atoms with van der Waals surface area (Å²) in [6, 6.07) is 1.50. The van der Waals surface area contributed by atoms with E-state index < -0.39 is 0 Å². The predicted octanol–water partition coefficient (Wildman–Crippen LogP) is 1.60. The molecule has 15 heavy (non-hydrogen) atoms. The van der Waals surface area contributed by atoms with Crippen molar-refractivity contribution in [2.24, 2.45) is 7.05 Å². The first kappa shape index (κ1) is 10.3. The van der Waals surface area contributed by atoms with Crippen molar-refractivity contribution < 1.29 is 0 Å². The highest BCUT2D eigenvalue weighted by Crippen LogP contribution is 2.24. The van der Waals surface area contributed by atoms with Gasteiger partial charge in [-0.15, -0.1) is 0 Å². The number of aryl methyl sites for hydroxylation is 1. The zero-order valence-corrected chi connectivity index (χ0v) is 9.46. The minimum absolute atomic E-state index is 0.333. The zero-order chi connectivity index (χ0) is 10.8. The molecule has 2 rings (SSSR count). The lowest BCUT2D eigenvalue weighted by molar-refractivity contribution is 0.785. The second kappa shape index (κ2) is 4.08. The van der Waals surface area contributed by atoms with Crippen molar-refractivity contribution in [1.29, 1.82) is 0 Å². The molecule has 2 N–H and O–H groups in total. The molecular formula is C8H8ClN5S. The molecule has 78 valence electrons. The van der Waals surface area contributed by atoms with E-state index in [1.54, 1.807) is 6.20 Å². The summed E-state index contributed by atoms with van der Waals surface area (Å²) in [5, 5.41) is 1.62. The third kappa shape index (κ3) is 2.40. The molecule has 2 aromatic heterocycles. The predicted molar refractivity (Wildman–Crippen MR) is 58.8 cm³/mol. The van der Waals surface area contributed by atoms with E-state index in [-0.39, 0.29) is 0 Å². The third-order valence-electron chi connectivity index (χ3n) is 1.65. The van der Waals surface area contributed by atoms with Gasteiger partial charge in [0.15, 0.2) is 10.3 Å². The zero-order valence-electron chi connectivity index (χ0n) is 7.88. The van der Waals surface area contributed by atoms with E-state index in [1.807, 2.05) is 17.8 Å². The highest BCUT2D eigenvalue weighted by atomic mass is 35.5. The number of anilines is 1. The summed E-state index contributed by atoms with van der Waals surface area (Å²) in [5.41, 5.74) is 5.55. The Labute approximate surface area is 95.7 Å². The summed E-state index contributed by atoms with van der Waals surface area (Å²) in [6.07, 6.45) is 3.55. The average molecular weight is 242 g/mol. The van der Waals surface area contributed by atoms with Crippen LogP contribution in [0, 0.1) is 0 Å².